The number of fused-ring (bicyclic) bond motifs is 2. The number of pyridine rings is 2. The number of aromatic amines is 1. The Morgan fingerprint density at radius 2 is 1.84 bits per heavy atom. The molecule has 4 heterocycles. The van der Waals surface area contributed by atoms with E-state index >= 15 is 0 Å². The van der Waals surface area contributed by atoms with E-state index < -0.39 is 0 Å². The first kappa shape index (κ1) is 19.3. The summed E-state index contributed by atoms with van der Waals surface area (Å²) in [6.07, 6.45) is 13.8. The molecule has 6 nitrogen and oxygen atoms in total. The molecular formula is C25H23N5OS. The van der Waals surface area contributed by atoms with Crippen molar-refractivity contribution in [2.45, 2.75) is 38.1 Å². The van der Waals surface area contributed by atoms with Gasteiger partial charge in [0, 0.05) is 47.2 Å². The van der Waals surface area contributed by atoms with E-state index in [1.54, 1.807) is 17.5 Å². The van der Waals surface area contributed by atoms with Crippen molar-refractivity contribution in [3.63, 3.8) is 0 Å². The number of benzene rings is 1. The number of anilines is 1. The molecule has 1 saturated carbocycles. The average molecular weight is 442 g/mol. The minimum atomic E-state index is 0.550. The molecule has 7 heteroatoms. The lowest BCUT2D eigenvalue weighted by Crippen LogP contribution is -2.21. The minimum absolute atomic E-state index is 0.550. The molecule has 0 bridgehead atoms. The smallest absolute Gasteiger partial charge is 0.184 e. The molecular weight excluding hydrogens is 418 g/mol. The zero-order valence-corrected chi connectivity index (χ0v) is 18.4. The van der Waals surface area contributed by atoms with E-state index in [1.807, 2.05) is 42.9 Å². The van der Waals surface area contributed by atoms with Crippen LogP contribution in [0.2, 0.25) is 0 Å². The van der Waals surface area contributed by atoms with Gasteiger partial charge in [-0.05, 0) is 43.2 Å². The molecule has 1 aliphatic carbocycles. The third kappa shape index (κ3) is 3.91. The summed E-state index contributed by atoms with van der Waals surface area (Å²) in [6.45, 7) is 0. The molecule has 5 aromatic rings. The van der Waals surface area contributed by atoms with Crippen LogP contribution in [0.15, 0.2) is 61.2 Å². The molecule has 0 atom stereocenters. The van der Waals surface area contributed by atoms with E-state index in [4.69, 9.17) is 9.72 Å². The molecule has 32 heavy (non-hydrogen) atoms. The average Bonchev–Trinajstić information content (AvgIpc) is 3.45. The lowest BCUT2D eigenvalue weighted by molar-refractivity contribution is 0.462. The highest BCUT2D eigenvalue weighted by atomic mass is 32.1. The van der Waals surface area contributed by atoms with E-state index in [-0.39, 0.29) is 0 Å². The fraction of sp³-hybridized carbons (Fsp3) is 0.240. The first-order valence-electron chi connectivity index (χ1n) is 11.0. The first-order chi connectivity index (χ1) is 15.8. The van der Waals surface area contributed by atoms with Gasteiger partial charge in [0.2, 0.25) is 0 Å². The summed E-state index contributed by atoms with van der Waals surface area (Å²) in [5, 5.41) is 5.70. The number of ether oxygens (including phenoxy) is 1. The van der Waals surface area contributed by atoms with Gasteiger partial charge < -0.3 is 15.0 Å². The van der Waals surface area contributed by atoms with Crippen LogP contribution in [0.3, 0.4) is 0 Å². The Balaban J connectivity index is 1.22. The van der Waals surface area contributed by atoms with Crippen molar-refractivity contribution >= 4 is 37.7 Å². The highest BCUT2D eigenvalue weighted by Gasteiger charge is 2.15. The second kappa shape index (κ2) is 8.24. The van der Waals surface area contributed by atoms with Crippen molar-refractivity contribution in [3.8, 4) is 22.6 Å². The summed E-state index contributed by atoms with van der Waals surface area (Å²) in [5.74, 6) is 1.48. The molecule has 160 valence electrons. The fourth-order valence-corrected chi connectivity index (χ4v) is 5.29. The highest BCUT2D eigenvalue weighted by molar-refractivity contribution is 7.22. The lowest BCUT2D eigenvalue weighted by atomic mass is 9.96. The Bertz CT molecular complexity index is 1390. The topological polar surface area (TPSA) is 75.7 Å². The summed E-state index contributed by atoms with van der Waals surface area (Å²) in [4.78, 5) is 16.7. The molecule has 0 unspecified atom stereocenters. The summed E-state index contributed by atoms with van der Waals surface area (Å²) in [5.41, 5.74) is 3.85. The molecule has 1 aromatic carbocycles. The zero-order valence-electron chi connectivity index (χ0n) is 17.5. The largest absolute Gasteiger partial charge is 0.456 e. The lowest BCUT2D eigenvalue weighted by Gasteiger charge is -2.22. The Labute approximate surface area is 189 Å². The maximum Gasteiger partial charge on any atom is 0.184 e. The van der Waals surface area contributed by atoms with Crippen LogP contribution in [0, 0.1) is 0 Å². The molecule has 6 rings (SSSR count). The van der Waals surface area contributed by atoms with Crippen LogP contribution in [-0.2, 0) is 0 Å². The third-order valence-corrected chi connectivity index (χ3v) is 6.92. The molecule has 0 saturated heterocycles. The zero-order chi connectivity index (χ0) is 21.3. The van der Waals surface area contributed by atoms with E-state index in [0.717, 1.165) is 43.3 Å². The van der Waals surface area contributed by atoms with Crippen molar-refractivity contribution in [2.75, 3.05) is 5.32 Å². The van der Waals surface area contributed by atoms with Crippen LogP contribution in [0.4, 0.5) is 5.13 Å². The molecule has 1 fully saturated rings. The van der Waals surface area contributed by atoms with E-state index in [2.05, 4.69) is 32.4 Å². The van der Waals surface area contributed by atoms with Gasteiger partial charge in [0.25, 0.3) is 0 Å². The molecule has 0 amide bonds. The van der Waals surface area contributed by atoms with Gasteiger partial charge in [-0.2, -0.15) is 0 Å². The van der Waals surface area contributed by atoms with E-state index in [0.29, 0.717) is 11.8 Å². The molecule has 4 aromatic heterocycles. The van der Waals surface area contributed by atoms with Crippen molar-refractivity contribution in [1.82, 2.24) is 19.9 Å². The van der Waals surface area contributed by atoms with Gasteiger partial charge in [0.1, 0.15) is 17.1 Å². The summed E-state index contributed by atoms with van der Waals surface area (Å²) >= 11 is 1.69. The van der Waals surface area contributed by atoms with Gasteiger partial charge in [-0.15, -0.1) is 0 Å². The number of aromatic nitrogens is 4. The van der Waals surface area contributed by atoms with Gasteiger partial charge in [-0.3, -0.25) is 4.98 Å². The summed E-state index contributed by atoms with van der Waals surface area (Å²) in [6, 6.07) is 12.7. The van der Waals surface area contributed by atoms with Crippen LogP contribution in [-0.4, -0.2) is 26.0 Å². The van der Waals surface area contributed by atoms with Crippen molar-refractivity contribution < 1.29 is 4.74 Å². The number of rotatable bonds is 5. The summed E-state index contributed by atoms with van der Waals surface area (Å²) in [7, 11) is 0. The molecule has 2 N–H and O–H groups in total. The number of nitrogens with zero attached hydrogens (tertiary/aromatic N) is 3. The predicted octanol–water partition coefficient (Wildman–Crippen LogP) is 6.77. The Kier molecular flexibility index (Phi) is 4.96. The van der Waals surface area contributed by atoms with Crippen molar-refractivity contribution in [2.24, 2.45) is 0 Å². The number of hydrogen-bond donors (Lipinski definition) is 2. The van der Waals surface area contributed by atoms with Crippen molar-refractivity contribution in [3.05, 3.63) is 61.2 Å². The second-order valence-corrected chi connectivity index (χ2v) is 9.31. The van der Waals surface area contributed by atoms with Gasteiger partial charge >= 0.3 is 0 Å². The van der Waals surface area contributed by atoms with Gasteiger partial charge in [-0.25, -0.2) is 9.97 Å². The van der Waals surface area contributed by atoms with Crippen LogP contribution in [0.5, 0.6) is 11.5 Å². The third-order valence-electron chi connectivity index (χ3n) is 5.97. The molecule has 0 aliphatic heterocycles. The van der Waals surface area contributed by atoms with Crippen LogP contribution >= 0.6 is 11.3 Å². The fourth-order valence-electron chi connectivity index (χ4n) is 4.32. The first-order valence-corrected chi connectivity index (χ1v) is 11.9. The number of thiazole rings is 1. The maximum absolute atomic E-state index is 6.15. The van der Waals surface area contributed by atoms with Crippen LogP contribution < -0.4 is 10.1 Å². The molecule has 0 spiro atoms. The standard InChI is InChI=1S/C25H23N5OS/c1-2-4-19(5-3-1)29-25-30-22-7-6-20(12-23(22)32-25)31-21-11-18(13-26-15-21)17-10-16-8-9-27-24(16)28-14-17/h6-15,19H,1-5H2,(H,27,28)(H,29,30). The maximum atomic E-state index is 6.15. The number of H-pyrrole nitrogens is 1. The Morgan fingerprint density at radius 1 is 0.938 bits per heavy atom. The van der Waals surface area contributed by atoms with Crippen LogP contribution in [0.1, 0.15) is 32.1 Å². The second-order valence-electron chi connectivity index (χ2n) is 8.28. The predicted molar refractivity (Wildman–Crippen MR) is 130 cm³/mol. The quantitative estimate of drug-likeness (QED) is 0.315. The van der Waals surface area contributed by atoms with E-state index in [9.17, 15) is 0 Å². The number of hydrogen-bond acceptors (Lipinski definition) is 6. The summed E-state index contributed by atoms with van der Waals surface area (Å²) < 4.78 is 7.27. The molecule has 0 radical (unpaired) electrons. The number of nitrogens with one attached hydrogen (secondary N) is 2. The van der Waals surface area contributed by atoms with Crippen molar-refractivity contribution in [1.29, 1.82) is 0 Å². The van der Waals surface area contributed by atoms with Gasteiger partial charge in [0.15, 0.2) is 5.13 Å². The normalized spacial score (nSPS) is 14.8. The SMILES string of the molecule is c1cc2cc(-c3cncc(Oc4ccc5nc(NC6CCCCC6)sc5c4)c3)cnc2[nH]1. The van der Waals surface area contributed by atoms with Gasteiger partial charge in [0.05, 0.1) is 16.4 Å². The highest BCUT2D eigenvalue weighted by Crippen LogP contribution is 2.33. The van der Waals surface area contributed by atoms with E-state index in [1.165, 1.54) is 32.1 Å². The Hall–Kier alpha value is -3.45. The van der Waals surface area contributed by atoms with Gasteiger partial charge in [-0.1, -0.05) is 30.6 Å². The monoisotopic (exact) mass is 441 g/mol. The Morgan fingerprint density at radius 3 is 2.78 bits per heavy atom. The minimum Gasteiger partial charge on any atom is -0.456 e. The molecule has 1 aliphatic rings. The van der Waals surface area contributed by atoms with Crippen LogP contribution in [0.25, 0.3) is 32.4 Å².